The van der Waals surface area contributed by atoms with Gasteiger partial charge in [-0.2, -0.15) is 0 Å². The molecule has 0 radical (unpaired) electrons. The maximum Gasteiger partial charge on any atom is 0.252 e. The van der Waals surface area contributed by atoms with Crippen LogP contribution in [0.5, 0.6) is 0 Å². The largest absolute Gasteiger partial charge is 0.456 e. The second kappa shape index (κ2) is 16.3. The summed E-state index contributed by atoms with van der Waals surface area (Å²) in [5.41, 5.74) is 26.0. The third-order valence-corrected chi connectivity index (χ3v) is 22.5. The summed E-state index contributed by atoms with van der Waals surface area (Å²) in [5, 5.41) is 4.50. The minimum atomic E-state index is -0.204. The molecule has 1 saturated carbocycles. The van der Waals surface area contributed by atoms with E-state index in [2.05, 4.69) is 244 Å². The highest BCUT2D eigenvalue weighted by atomic mass is 16.3. The number of benzene rings is 8. The molecule has 6 heteroatoms. The van der Waals surface area contributed by atoms with Gasteiger partial charge in [-0.05, 0) is 189 Å². The SMILES string of the molecule is CC(C)(C)c1ccc2c(c1)C1(C)CCCCC1(C)N2c1cc2c3c(c1)N(c1cccc4oc5ccccc5c14)c1c(ccc4oc5ccccc5c14)B3c1cc3c(cc1N2c1ccc2c(c1)C(C)(C)CCC2(C)C)C(C)(C)CCC3(C)C. The van der Waals surface area contributed by atoms with Crippen LogP contribution in [0.3, 0.4) is 0 Å². The van der Waals surface area contributed by atoms with Crippen LogP contribution in [0.1, 0.15) is 175 Å². The fourth-order valence-electron chi connectivity index (χ4n) is 17.3. The summed E-state index contributed by atoms with van der Waals surface area (Å²) in [6.45, 7) is 32.1. The zero-order valence-electron chi connectivity index (χ0n) is 50.7. The standard InChI is InChI=1S/C76H78BN3O2/c1-70(2,3)45-27-31-57-54(39-45)75(12)33-18-19-34-76(75,13)80(57)47-41-60-68-61(42-47)79(58-23-20-26-64-66(58)48-21-14-16-24-62(48)81-64)69-55(30-32-65-67(69)49-22-15-17-25-63(49)82-65)77(68)56-43-52-53(74(10,11)38-37-73(52,8)9)44-59(56)78(60)46-28-29-50-51(40-46)72(6,7)36-35-71(50,4)5/h14-17,20-32,39-44H,18-19,33-38H2,1-13H3. The lowest BCUT2D eigenvalue weighted by Crippen LogP contribution is -2.62. The van der Waals surface area contributed by atoms with E-state index in [1.165, 1.54) is 109 Å². The lowest BCUT2D eigenvalue weighted by atomic mass is 9.33. The summed E-state index contributed by atoms with van der Waals surface area (Å²) < 4.78 is 13.9. The van der Waals surface area contributed by atoms with Crippen LogP contribution in [-0.4, -0.2) is 12.3 Å². The molecule has 1 fully saturated rings. The van der Waals surface area contributed by atoms with Gasteiger partial charge in [-0.3, -0.25) is 0 Å². The minimum Gasteiger partial charge on any atom is -0.456 e. The van der Waals surface area contributed by atoms with E-state index in [1.54, 1.807) is 0 Å². The van der Waals surface area contributed by atoms with E-state index in [0.717, 1.165) is 81.7 Å². The highest BCUT2D eigenvalue weighted by Crippen LogP contribution is 2.63. The summed E-state index contributed by atoms with van der Waals surface area (Å²) in [6.07, 6.45) is 9.28. The summed E-state index contributed by atoms with van der Waals surface area (Å²) in [5.74, 6) is 0. The molecule has 2 unspecified atom stereocenters. The molecule has 82 heavy (non-hydrogen) atoms. The molecular weight excluding hydrogens is 998 g/mol. The number of nitrogens with zero attached hydrogens (tertiary/aromatic N) is 3. The van der Waals surface area contributed by atoms with Crippen molar-refractivity contribution in [2.45, 2.75) is 179 Å². The van der Waals surface area contributed by atoms with Gasteiger partial charge in [0, 0.05) is 50.3 Å². The first-order chi connectivity index (χ1) is 39.0. The van der Waals surface area contributed by atoms with Crippen molar-refractivity contribution in [3.63, 3.8) is 0 Å². The molecule has 5 nitrogen and oxygen atoms in total. The van der Waals surface area contributed by atoms with Crippen molar-refractivity contribution in [3.05, 3.63) is 173 Å². The minimum absolute atomic E-state index is 0.0105. The van der Waals surface area contributed by atoms with Gasteiger partial charge >= 0.3 is 0 Å². The topological polar surface area (TPSA) is 36.0 Å². The van der Waals surface area contributed by atoms with E-state index in [9.17, 15) is 0 Å². The Morgan fingerprint density at radius 3 is 1.68 bits per heavy atom. The summed E-state index contributed by atoms with van der Waals surface area (Å²) in [6, 6.07) is 54.7. The van der Waals surface area contributed by atoms with Crippen molar-refractivity contribution in [3.8, 4) is 0 Å². The Hall–Kier alpha value is -7.18. The van der Waals surface area contributed by atoms with Gasteiger partial charge in [0.1, 0.15) is 22.3 Å². The van der Waals surface area contributed by atoms with Crippen LogP contribution < -0.4 is 31.1 Å². The first-order valence-corrected chi connectivity index (χ1v) is 30.9. The Kier molecular flexibility index (Phi) is 10.1. The Morgan fingerprint density at radius 1 is 0.415 bits per heavy atom. The van der Waals surface area contributed by atoms with Crippen LogP contribution in [0.2, 0.25) is 0 Å². The molecule has 0 spiro atoms. The van der Waals surface area contributed by atoms with E-state index in [0.29, 0.717) is 0 Å². The fourth-order valence-corrected chi connectivity index (χ4v) is 17.3. The van der Waals surface area contributed by atoms with Crippen LogP contribution in [-0.2, 0) is 32.5 Å². The Balaban J connectivity index is 1.10. The van der Waals surface area contributed by atoms with Crippen molar-refractivity contribution in [1.82, 2.24) is 0 Å². The Bertz CT molecular complexity index is 4430. The van der Waals surface area contributed by atoms with E-state index < -0.39 is 0 Å². The van der Waals surface area contributed by atoms with Gasteiger partial charge in [0.15, 0.2) is 0 Å². The van der Waals surface area contributed by atoms with Gasteiger partial charge in [0.25, 0.3) is 6.71 Å². The van der Waals surface area contributed by atoms with E-state index in [1.807, 2.05) is 0 Å². The van der Waals surface area contributed by atoms with Crippen LogP contribution in [0.4, 0.5) is 45.5 Å². The molecule has 16 rings (SSSR count). The van der Waals surface area contributed by atoms with Gasteiger partial charge in [0.05, 0.1) is 27.7 Å². The van der Waals surface area contributed by atoms with Crippen LogP contribution in [0.15, 0.2) is 148 Å². The van der Waals surface area contributed by atoms with Crippen LogP contribution >= 0.6 is 0 Å². The zero-order chi connectivity index (χ0) is 56.6. The van der Waals surface area contributed by atoms with Crippen LogP contribution in [0.25, 0.3) is 43.9 Å². The summed E-state index contributed by atoms with van der Waals surface area (Å²) >= 11 is 0. The van der Waals surface area contributed by atoms with Gasteiger partial charge in [-0.1, -0.05) is 169 Å². The smallest absolute Gasteiger partial charge is 0.252 e. The second-order valence-electron chi connectivity index (χ2n) is 30.1. The third kappa shape index (κ3) is 6.64. The maximum absolute atomic E-state index is 6.99. The predicted octanol–water partition coefficient (Wildman–Crippen LogP) is 19.3. The molecule has 10 aromatic rings. The zero-order valence-corrected chi connectivity index (χ0v) is 50.7. The van der Waals surface area contributed by atoms with E-state index in [4.69, 9.17) is 8.83 Å². The van der Waals surface area contributed by atoms with Gasteiger partial charge in [-0.15, -0.1) is 0 Å². The summed E-state index contributed by atoms with van der Waals surface area (Å²) in [7, 11) is 0. The highest BCUT2D eigenvalue weighted by molar-refractivity contribution is 7.00. The normalized spacial score (nSPS) is 22.5. The average Bonchev–Trinajstić information content (AvgIpc) is 1.82. The van der Waals surface area contributed by atoms with Crippen molar-refractivity contribution >= 4 is 112 Å². The quantitative estimate of drug-likeness (QED) is 0.165. The monoisotopic (exact) mass is 1080 g/mol. The molecule has 2 atom stereocenters. The molecule has 5 heterocycles. The second-order valence-corrected chi connectivity index (χ2v) is 30.1. The molecule has 6 aliphatic rings. The first-order valence-electron chi connectivity index (χ1n) is 30.9. The van der Waals surface area contributed by atoms with Crippen molar-refractivity contribution in [1.29, 1.82) is 0 Å². The molecule has 0 saturated heterocycles. The molecule has 0 bridgehead atoms. The highest BCUT2D eigenvalue weighted by Gasteiger charge is 2.59. The van der Waals surface area contributed by atoms with Crippen LogP contribution in [0, 0.1) is 0 Å². The summed E-state index contributed by atoms with van der Waals surface area (Å²) in [4.78, 5) is 8.28. The fraction of sp³-hybridized carbons (Fsp3) is 0.368. The van der Waals surface area contributed by atoms with Gasteiger partial charge in [0.2, 0.25) is 0 Å². The molecule has 0 amide bonds. The van der Waals surface area contributed by atoms with Crippen molar-refractivity contribution in [2.75, 3.05) is 14.7 Å². The van der Waals surface area contributed by atoms with Crippen molar-refractivity contribution in [2.24, 2.45) is 0 Å². The molecule has 2 aromatic heterocycles. The van der Waals surface area contributed by atoms with Gasteiger partial charge in [-0.25, -0.2) is 0 Å². The number of rotatable bonds is 3. The average molecular weight is 1080 g/mol. The number of furan rings is 2. The number of hydrogen-bond donors (Lipinski definition) is 0. The lowest BCUT2D eigenvalue weighted by Gasteiger charge is -2.51. The molecule has 8 aromatic carbocycles. The molecule has 412 valence electrons. The number of anilines is 8. The maximum atomic E-state index is 6.99. The molecular formula is C76H78BN3O2. The first kappa shape index (κ1) is 50.5. The van der Waals surface area contributed by atoms with E-state index >= 15 is 0 Å². The number of para-hydroxylation sites is 2. The van der Waals surface area contributed by atoms with Gasteiger partial charge < -0.3 is 23.5 Å². The molecule has 3 aliphatic carbocycles. The predicted molar refractivity (Wildman–Crippen MR) is 347 cm³/mol. The number of hydrogen-bond acceptors (Lipinski definition) is 5. The Morgan fingerprint density at radius 2 is 1.00 bits per heavy atom. The van der Waals surface area contributed by atoms with E-state index in [-0.39, 0.29) is 44.7 Å². The lowest BCUT2D eigenvalue weighted by molar-refractivity contribution is 0.195. The number of fused-ring (bicyclic) bond motifs is 16. The third-order valence-electron chi connectivity index (χ3n) is 22.5. The molecule has 0 N–H and O–H groups in total. The Labute approximate surface area is 485 Å². The molecule has 3 aliphatic heterocycles. The van der Waals surface area contributed by atoms with Crippen molar-refractivity contribution < 1.29 is 8.83 Å².